The summed E-state index contributed by atoms with van der Waals surface area (Å²) in [5.74, 6) is -1.62. The predicted octanol–water partition coefficient (Wildman–Crippen LogP) is 4.53. The number of hydrogen-bond donors (Lipinski definition) is 1. The lowest BCUT2D eigenvalue weighted by molar-refractivity contribution is -0.136. The molecule has 160 valence electrons. The summed E-state index contributed by atoms with van der Waals surface area (Å²) < 4.78 is 14.0. The van der Waals surface area contributed by atoms with Gasteiger partial charge in [0, 0.05) is 26.2 Å². The van der Waals surface area contributed by atoms with Crippen LogP contribution in [0.15, 0.2) is 48.5 Å². The quantitative estimate of drug-likeness (QED) is 0.647. The fourth-order valence-corrected chi connectivity index (χ4v) is 4.42. The number of para-hydroxylation sites is 1. The molecular weight excluding hydrogens is 419 g/mol. The van der Waals surface area contributed by atoms with Gasteiger partial charge in [-0.15, -0.1) is 0 Å². The van der Waals surface area contributed by atoms with E-state index in [1.165, 1.54) is 12.1 Å². The highest BCUT2D eigenvalue weighted by molar-refractivity contribution is 6.33. The first-order valence-electron chi connectivity index (χ1n) is 10.1. The van der Waals surface area contributed by atoms with Gasteiger partial charge in [-0.3, -0.25) is 9.59 Å². The topological polar surface area (TPSA) is 60.9 Å². The molecule has 0 atom stereocenters. The minimum absolute atomic E-state index is 0.195. The van der Waals surface area contributed by atoms with Gasteiger partial charge < -0.3 is 14.9 Å². The smallest absolute Gasteiger partial charge is 0.307 e. The Kier molecular flexibility index (Phi) is 5.83. The molecule has 1 saturated heterocycles. The molecule has 31 heavy (non-hydrogen) atoms. The van der Waals surface area contributed by atoms with Gasteiger partial charge in [0.1, 0.15) is 5.82 Å². The maximum atomic E-state index is 14.0. The summed E-state index contributed by atoms with van der Waals surface area (Å²) in [7, 11) is 0. The molecule has 1 aliphatic heterocycles. The Balaban J connectivity index is 1.66. The van der Waals surface area contributed by atoms with Gasteiger partial charge in [-0.1, -0.05) is 35.9 Å². The van der Waals surface area contributed by atoms with Crippen molar-refractivity contribution in [3.8, 4) is 0 Å². The zero-order valence-electron chi connectivity index (χ0n) is 17.1. The van der Waals surface area contributed by atoms with Crippen molar-refractivity contribution >= 4 is 39.9 Å². The summed E-state index contributed by atoms with van der Waals surface area (Å²) in [5.41, 5.74) is 2.45. The van der Waals surface area contributed by atoms with E-state index in [2.05, 4.69) is 4.90 Å². The van der Waals surface area contributed by atoms with Crippen LogP contribution in [0.5, 0.6) is 0 Å². The van der Waals surface area contributed by atoms with E-state index in [9.17, 15) is 19.1 Å². The molecule has 3 aromatic carbocycles. The van der Waals surface area contributed by atoms with Gasteiger partial charge in [0.25, 0.3) is 5.91 Å². The molecule has 1 heterocycles. The lowest BCUT2D eigenvalue weighted by Crippen LogP contribution is -2.49. The minimum atomic E-state index is -0.976. The van der Waals surface area contributed by atoms with Crippen LogP contribution in [0.2, 0.25) is 5.02 Å². The lowest BCUT2D eigenvalue weighted by Gasteiger charge is -2.37. The number of fused-ring (bicyclic) bond motifs is 1. The molecule has 4 rings (SSSR count). The summed E-state index contributed by atoms with van der Waals surface area (Å²) in [5, 5.41) is 11.1. The summed E-state index contributed by atoms with van der Waals surface area (Å²) in [6.45, 7) is 3.95. The second kappa shape index (κ2) is 8.55. The molecule has 0 saturated carbocycles. The summed E-state index contributed by atoms with van der Waals surface area (Å²) in [6.07, 6.45) is -0.195. The molecule has 0 spiro atoms. The first-order chi connectivity index (χ1) is 14.8. The number of nitrogens with zero attached hydrogens (tertiary/aromatic N) is 2. The van der Waals surface area contributed by atoms with Crippen LogP contribution < -0.4 is 4.90 Å². The number of amides is 1. The Labute approximate surface area is 184 Å². The van der Waals surface area contributed by atoms with Crippen LogP contribution in [0.1, 0.15) is 21.5 Å². The third-order valence-electron chi connectivity index (χ3n) is 5.79. The number of carboxylic acids is 1. The summed E-state index contributed by atoms with van der Waals surface area (Å²) in [6, 6.07) is 13.6. The summed E-state index contributed by atoms with van der Waals surface area (Å²) >= 11 is 6.31. The fourth-order valence-electron chi connectivity index (χ4n) is 4.17. The number of carbonyl (C=O) groups excluding carboxylic acids is 1. The molecular formula is C24H22ClFN2O3. The van der Waals surface area contributed by atoms with E-state index in [0.29, 0.717) is 58.7 Å². The number of anilines is 1. The number of carboxylic acid groups (broad SMARTS) is 1. The fraction of sp³-hybridized carbons (Fsp3) is 0.250. The molecule has 0 aromatic heterocycles. The van der Waals surface area contributed by atoms with E-state index >= 15 is 0 Å². The molecule has 0 aliphatic carbocycles. The maximum Gasteiger partial charge on any atom is 0.307 e. The standard InChI is InChI=1S/C24H22ClFN2O3/c1-15-17(13-22(29)30)12-16-6-7-18(26)14-19(16)23(15)24(31)28-10-8-27(9-11-28)21-5-3-2-4-20(21)25/h2-7,12,14H,8-11,13H2,1H3,(H,29,30). The second-order valence-electron chi connectivity index (χ2n) is 7.70. The van der Waals surface area contributed by atoms with E-state index < -0.39 is 11.8 Å². The molecule has 3 aromatic rings. The van der Waals surface area contributed by atoms with Gasteiger partial charge in [-0.2, -0.15) is 0 Å². The average Bonchev–Trinajstić information content (AvgIpc) is 2.74. The molecule has 0 unspecified atom stereocenters. The highest BCUT2D eigenvalue weighted by Crippen LogP contribution is 2.30. The van der Waals surface area contributed by atoms with Crippen molar-refractivity contribution in [2.75, 3.05) is 31.1 Å². The molecule has 7 heteroatoms. The molecule has 1 amide bonds. The van der Waals surface area contributed by atoms with E-state index in [-0.39, 0.29) is 12.3 Å². The van der Waals surface area contributed by atoms with Gasteiger partial charge >= 0.3 is 5.97 Å². The highest BCUT2D eigenvalue weighted by atomic mass is 35.5. The highest BCUT2D eigenvalue weighted by Gasteiger charge is 2.27. The van der Waals surface area contributed by atoms with Gasteiger partial charge in [-0.05, 0) is 53.1 Å². The number of piperazine rings is 1. The van der Waals surface area contributed by atoms with Crippen molar-refractivity contribution < 1.29 is 19.1 Å². The zero-order chi connectivity index (χ0) is 22.1. The van der Waals surface area contributed by atoms with Crippen LogP contribution in [0.25, 0.3) is 10.8 Å². The minimum Gasteiger partial charge on any atom is -0.481 e. The lowest BCUT2D eigenvalue weighted by atomic mass is 9.92. The van der Waals surface area contributed by atoms with Gasteiger partial charge in [0.2, 0.25) is 0 Å². The molecule has 1 aliphatic rings. The SMILES string of the molecule is Cc1c(CC(=O)O)cc2ccc(F)cc2c1C(=O)N1CCN(c2ccccc2Cl)CC1. The Bertz CT molecular complexity index is 1170. The van der Waals surface area contributed by atoms with Crippen molar-refractivity contribution in [2.24, 2.45) is 0 Å². The molecule has 0 radical (unpaired) electrons. The Morgan fingerprint density at radius 2 is 1.77 bits per heavy atom. The molecule has 1 fully saturated rings. The van der Waals surface area contributed by atoms with Crippen molar-refractivity contribution in [3.05, 3.63) is 76.1 Å². The third-order valence-corrected chi connectivity index (χ3v) is 6.11. The van der Waals surface area contributed by atoms with E-state index in [1.807, 2.05) is 24.3 Å². The van der Waals surface area contributed by atoms with Crippen molar-refractivity contribution in [1.29, 1.82) is 0 Å². The molecule has 0 bridgehead atoms. The maximum absolute atomic E-state index is 14.0. The van der Waals surface area contributed by atoms with E-state index in [0.717, 1.165) is 5.69 Å². The van der Waals surface area contributed by atoms with Crippen molar-refractivity contribution in [2.45, 2.75) is 13.3 Å². The first-order valence-corrected chi connectivity index (χ1v) is 10.4. The Morgan fingerprint density at radius 1 is 1.06 bits per heavy atom. The van der Waals surface area contributed by atoms with Crippen LogP contribution in [-0.4, -0.2) is 48.1 Å². The van der Waals surface area contributed by atoms with Crippen LogP contribution in [-0.2, 0) is 11.2 Å². The van der Waals surface area contributed by atoms with Gasteiger partial charge in [0.15, 0.2) is 0 Å². The van der Waals surface area contributed by atoms with Crippen molar-refractivity contribution in [3.63, 3.8) is 0 Å². The molecule has 1 N–H and O–H groups in total. The predicted molar refractivity (Wildman–Crippen MR) is 120 cm³/mol. The van der Waals surface area contributed by atoms with Crippen LogP contribution in [0.4, 0.5) is 10.1 Å². The largest absolute Gasteiger partial charge is 0.481 e. The Morgan fingerprint density at radius 3 is 2.45 bits per heavy atom. The monoisotopic (exact) mass is 440 g/mol. The number of rotatable bonds is 4. The number of carbonyl (C=O) groups is 2. The first kappa shape index (κ1) is 21.1. The number of hydrogen-bond acceptors (Lipinski definition) is 3. The number of benzene rings is 3. The number of aliphatic carboxylic acids is 1. The normalized spacial score (nSPS) is 14.2. The van der Waals surface area contributed by atoms with E-state index in [4.69, 9.17) is 11.6 Å². The van der Waals surface area contributed by atoms with E-state index in [1.54, 1.807) is 24.0 Å². The van der Waals surface area contributed by atoms with Gasteiger partial charge in [0.05, 0.1) is 22.7 Å². The van der Waals surface area contributed by atoms with Crippen LogP contribution in [0, 0.1) is 12.7 Å². The third kappa shape index (κ3) is 4.21. The summed E-state index contributed by atoms with van der Waals surface area (Å²) in [4.78, 5) is 28.7. The zero-order valence-corrected chi connectivity index (χ0v) is 17.8. The second-order valence-corrected chi connectivity index (χ2v) is 8.11. The van der Waals surface area contributed by atoms with Crippen LogP contribution in [0.3, 0.4) is 0 Å². The number of halogens is 2. The average molecular weight is 441 g/mol. The Hall–Kier alpha value is -3.12. The van der Waals surface area contributed by atoms with Crippen LogP contribution >= 0.6 is 11.6 Å². The molecule has 5 nitrogen and oxygen atoms in total. The van der Waals surface area contributed by atoms with Crippen molar-refractivity contribution in [1.82, 2.24) is 4.90 Å². The van der Waals surface area contributed by atoms with Gasteiger partial charge in [-0.25, -0.2) is 4.39 Å².